The first kappa shape index (κ1) is 24.1. The lowest BCUT2D eigenvalue weighted by Gasteiger charge is -2.13. The molecule has 10 heteroatoms. The molecule has 3 amide bonds. The summed E-state index contributed by atoms with van der Waals surface area (Å²) in [4.78, 5) is 24.9. The SMILES string of the molecule is COc1cccc(-c2nnc(SC(C)C(=O)NC(=O)NCc3ccccc3)n2Cc2ccco2)c1. The number of thioether (sulfide) groups is 1. The summed E-state index contributed by atoms with van der Waals surface area (Å²) in [5, 5.41) is 13.7. The molecule has 9 nitrogen and oxygen atoms in total. The number of aromatic nitrogens is 3. The van der Waals surface area contributed by atoms with Gasteiger partial charge in [-0.2, -0.15) is 0 Å². The average Bonchev–Trinajstić information content (AvgIpc) is 3.54. The molecular formula is C25H25N5O4S. The van der Waals surface area contributed by atoms with Crippen molar-refractivity contribution in [1.82, 2.24) is 25.4 Å². The van der Waals surface area contributed by atoms with Crippen LogP contribution in [0, 0.1) is 0 Å². The quantitative estimate of drug-likeness (QED) is 0.339. The molecule has 0 fully saturated rings. The van der Waals surface area contributed by atoms with Crippen LogP contribution in [-0.4, -0.2) is 39.1 Å². The average molecular weight is 492 g/mol. The fourth-order valence-electron chi connectivity index (χ4n) is 3.30. The predicted octanol–water partition coefficient (Wildman–Crippen LogP) is 4.10. The number of amides is 3. The highest BCUT2D eigenvalue weighted by Crippen LogP contribution is 2.29. The molecule has 35 heavy (non-hydrogen) atoms. The molecule has 0 bridgehead atoms. The summed E-state index contributed by atoms with van der Waals surface area (Å²) >= 11 is 1.21. The van der Waals surface area contributed by atoms with Crippen LogP contribution >= 0.6 is 11.8 Å². The summed E-state index contributed by atoms with van der Waals surface area (Å²) in [6, 6.07) is 20.1. The molecule has 0 aliphatic carbocycles. The monoisotopic (exact) mass is 491 g/mol. The Morgan fingerprint density at radius 2 is 1.91 bits per heavy atom. The van der Waals surface area contributed by atoms with Crippen molar-refractivity contribution in [2.75, 3.05) is 7.11 Å². The van der Waals surface area contributed by atoms with Crippen molar-refractivity contribution in [3.05, 3.63) is 84.3 Å². The Balaban J connectivity index is 1.46. The topological polar surface area (TPSA) is 111 Å². The van der Waals surface area contributed by atoms with E-state index in [0.717, 1.165) is 11.1 Å². The maximum atomic E-state index is 12.7. The third kappa shape index (κ3) is 6.30. The number of carbonyl (C=O) groups excluding carboxylic acids is 2. The lowest BCUT2D eigenvalue weighted by molar-refractivity contribution is -0.119. The minimum absolute atomic E-state index is 0.322. The molecule has 0 spiro atoms. The maximum absolute atomic E-state index is 12.7. The van der Waals surface area contributed by atoms with Crippen LogP contribution in [0.3, 0.4) is 0 Å². The van der Waals surface area contributed by atoms with Gasteiger partial charge in [0.15, 0.2) is 11.0 Å². The van der Waals surface area contributed by atoms with Crippen molar-refractivity contribution in [3.63, 3.8) is 0 Å². The van der Waals surface area contributed by atoms with Gasteiger partial charge in [-0.25, -0.2) is 4.79 Å². The maximum Gasteiger partial charge on any atom is 0.321 e. The van der Waals surface area contributed by atoms with Crippen molar-refractivity contribution in [3.8, 4) is 17.1 Å². The van der Waals surface area contributed by atoms with E-state index in [4.69, 9.17) is 9.15 Å². The number of furan rings is 1. The van der Waals surface area contributed by atoms with Crippen LogP contribution in [0.25, 0.3) is 11.4 Å². The molecule has 2 heterocycles. The Bertz CT molecular complexity index is 1270. The number of methoxy groups -OCH3 is 1. The molecule has 0 aliphatic rings. The van der Waals surface area contributed by atoms with Crippen LogP contribution in [0.15, 0.2) is 82.6 Å². The first-order valence-electron chi connectivity index (χ1n) is 10.9. The van der Waals surface area contributed by atoms with Gasteiger partial charge in [0.2, 0.25) is 5.91 Å². The number of nitrogens with one attached hydrogen (secondary N) is 2. The molecule has 0 saturated carbocycles. The minimum atomic E-state index is -0.602. The summed E-state index contributed by atoms with van der Waals surface area (Å²) in [6.45, 7) is 2.41. The standard InChI is InChI=1S/C25H25N5O4S/c1-17(23(31)27-24(32)26-15-18-8-4-3-5-9-18)35-25-29-28-22(19-10-6-11-20(14-19)33-2)30(25)16-21-12-7-13-34-21/h3-14,17H,15-16H2,1-2H3,(H2,26,27,31,32). The number of hydrogen-bond donors (Lipinski definition) is 2. The molecule has 180 valence electrons. The van der Waals surface area contributed by atoms with Gasteiger partial charge in [-0.1, -0.05) is 54.2 Å². The number of urea groups is 1. The van der Waals surface area contributed by atoms with E-state index in [1.807, 2.05) is 71.3 Å². The lowest BCUT2D eigenvalue weighted by Crippen LogP contribution is -2.42. The second-order valence-electron chi connectivity index (χ2n) is 7.62. The number of carbonyl (C=O) groups is 2. The van der Waals surface area contributed by atoms with E-state index in [0.29, 0.717) is 35.6 Å². The van der Waals surface area contributed by atoms with Gasteiger partial charge in [0.25, 0.3) is 0 Å². The van der Waals surface area contributed by atoms with Crippen LogP contribution in [-0.2, 0) is 17.9 Å². The number of benzene rings is 2. The minimum Gasteiger partial charge on any atom is -0.497 e. The van der Waals surface area contributed by atoms with Crippen molar-refractivity contribution < 1.29 is 18.7 Å². The Morgan fingerprint density at radius 3 is 2.66 bits per heavy atom. The van der Waals surface area contributed by atoms with Crippen molar-refractivity contribution >= 4 is 23.7 Å². The van der Waals surface area contributed by atoms with Gasteiger partial charge in [0, 0.05) is 12.1 Å². The third-order valence-corrected chi connectivity index (χ3v) is 6.20. The summed E-state index contributed by atoms with van der Waals surface area (Å²) in [5.74, 6) is 1.58. The van der Waals surface area contributed by atoms with E-state index in [9.17, 15) is 9.59 Å². The highest BCUT2D eigenvalue weighted by molar-refractivity contribution is 8.00. The van der Waals surface area contributed by atoms with Crippen LogP contribution < -0.4 is 15.4 Å². The van der Waals surface area contributed by atoms with Crippen LogP contribution in [0.2, 0.25) is 0 Å². The molecular weight excluding hydrogens is 466 g/mol. The molecule has 1 atom stereocenters. The second-order valence-corrected chi connectivity index (χ2v) is 8.93. The summed E-state index contributed by atoms with van der Waals surface area (Å²) in [7, 11) is 1.60. The molecule has 1 unspecified atom stereocenters. The van der Waals surface area contributed by atoms with E-state index in [-0.39, 0.29) is 0 Å². The van der Waals surface area contributed by atoms with E-state index >= 15 is 0 Å². The van der Waals surface area contributed by atoms with Gasteiger partial charge in [0.05, 0.1) is 25.2 Å². The zero-order valence-corrected chi connectivity index (χ0v) is 20.1. The van der Waals surface area contributed by atoms with Gasteiger partial charge in [-0.15, -0.1) is 10.2 Å². The number of hydrogen-bond acceptors (Lipinski definition) is 7. The highest BCUT2D eigenvalue weighted by Gasteiger charge is 2.23. The van der Waals surface area contributed by atoms with Gasteiger partial charge in [-0.3, -0.25) is 14.7 Å². The highest BCUT2D eigenvalue weighted by atomic mass is 32.2. The van der Waals surface area contributed by atoms with Gasteiger partial charge < -0.3 is 14.5 Å². The molecule has 2 aromatic heterocycles. The van der Waals surface area contributed by atoms with Crippen molar-refractivity contribution in [1.29, 1.82) is 0 Å². The Kier molecular flexibility index (Phi) is 7.84. The number of rotatable bonds is 9. The molecule has 0 radical (unpaired) electrons. The number of imide groups is 1. The van der Waals surface area contributed by atoms with E-state index in [1.54, 1.807) is 20.3 Å². The van der Waals surface area contributed by atoms with Gasteiger partial charge in [-0.05, 0) is 36.8 Å². The van der Waals surface area contributed by atoms with Crippen molar-refractivity contribution in [2.45, 2.75) is 30.4 Å². The predicted molar refractivity (Wildman–Crippen MR) is 132 cm³/mol. The van der Waals surface area contributed by atoms with E-state index in [1.165, 1.54) is 11.8 Å². The largest absolute Gasteiger partial charge is 0.497 e. The van der Waals surface area contributed by atoms with Crippen LogP contribution in [0.4, 0.5) is 4.79 Å². The normalized spacial score (nSPS) is 11.6. The first-order chi connectivity index (χ1) is 17.0. The Morgan fingerprint density at radius 1 is 1.09 bits per heavy atom. The molecule has 4 rings (SSSR count). The van der Waals surface area contributed by atoms with Crippen LogP contribution in [0.5, 0.6) is 5.75 Å². The number of ether oxygens (including phenoxy) is 1. The smallest absolute Gasteiger partial charge is 0.321 e. The summed E-state index contributed by atoms with van der Waals surface area (Å²) in [5.41, 5.74) is 1.75. The molecule has 0 aliphatic heterocycles. The molecule has 2 N–H and O–H groups in total. The summed E-state index contributed by atoms with van der Waals surface area (Å²) < 4.78 is 12.7. The molecule has 4 aromatic rings. The first-order valence-corrected chi connectivity index (χ1v) is 11.8. The van der Waals surface area contributed by atoms with Crippen LogP contribution in [0.1, 0.15) is 18.2 Å². The van der Waals surface area contributed by atoms with Gasteiger partial charge in [0.1, 0.15) is 11.5 Å². The Labute approximate surface area is 206 Å². The Hall–Kier alpha value is -4.05. The van der Waals surface area contributed by atoms with E-state index < -0.39 is 17.2 Å². The fourth-order valence-corrected chi connectivity index (χ4v) is 4.15. The third-order valence-electron chi connectivity index (χ3n) is 5.12. The summed E-state index contributed by atoms with van der Waals surface area (Å²) in [6.07, 6.45) is 1.60. The number of nitrogens with zero attached hydrogens (tertiary/aromatic N) is 3. The zero-order chi connectivity index (χ0) is 24.6. The molecule has 2 aromatic carbocycles. The fraction of sp³-hybridized carbons (Fsp3) is 0.200. The van der Waals surface area contributed by atoms with Gasteiger partial charge >= 0.3 is 6.03 Å². The second kappa shape index (κ2) is 11.4. The van der Waals surface area contributed by atoms with Crippen molar-refractivity contribution in [2.24, 2.45) is 0 Å². The molecule has 0 saturated heterocycles. The lowest BCUT2D eigenvalue weighted by atomic mass is 10.2. The van der Waals surface area contributed by atoms with E-state index in [2.05, 4.69) is 20.8 Å². The zero-order valence-electron chi connectivity index (χ0n) is 19.3.